The van der Waals surface area contributed by atoms with Crippen molar-refractivity contribution in [3.8, 4) is 28.5 Å². The predicted molar refractivity (Wildman–Crippen MR) is 179 cm³/mol. The van der Waals surface area contributed by atoms with E-state index in [4.69, 9.17) is 32.7 Å². The molecule has 0 saturated carbocycles. The Labute approximate surface area is 283 Å². The summed E-state index contributed by atoms with van der Waals surface area (Å²) in [5, 5.41) is 41.3. The van der Waals surface area contributed by atoms with Crippen LogP contribution in [-0.2, 0) is 0 Å². The number of furan rings is 1. The van der Waals surface area contributed by atoms with Gasteiger partial charge in [0.15, 0.2) is 0 Å². The Morgan fingerprint density at radius 1 is 0.750 bits per heavy atom. The van der Waals surface area contributed by atoms with Crippen molar-refractivity contribution in [1.82, 2.24) is 0 Å². The predicted octanol–water partition coefficient (Wildman–Crippen LogP) is 8.32. The number of aliphatic hydroxyl groups is 1. The molecule has 48 heavy (non-hydrogen) atoms. The molecule has 1 aromatic heterocycles. The molecule has 242 valence electrons. The fourth-order valence-corrected chi connectivity index (χ4v) is 5.12. The van der Waals surface area contributed by atoms with Crippen LogP contribution >= 0.6 is 23.2 Å². The van der Waals surface area contributed by atoms with Crippen molar-refractivity contribution in [3.63, 3.8) is 0 Å². The van der Waals surface area contributed by atoms with Gasteiger partial charge in [-0.2, -0.15) is 5.26 Å². The number of nitro groups is 2. The van der Waals surface area contributed by atoms with E-state index in [1.54, 1.807) is 48.5 Å². The van der Waals surface area contributed by atoms with Gasteiger partial charge in [-0.05, 0) is 43.7 Å². The summed E-state index contributed by atoms with van der Waals surface area (Å²) < 4.78 is 6.21. The zero-order valence-electron chi connectivity index (χ0n) is 25.4. The Morgan fingerprint density at radius 3 is 1.56 bits per heavy atom. The molecule has 1 N–H and O–H groups in total. The molecular formula is C34H24Cl2N4O8. The van der Waals surface area contributed by atoms with Gasteiger partial charge in [0.2, 0.25) is 5.88 Å². The maximum absolute atomic E-state index is 14.3. The van der Waals surface area contributed by atoms with E-state index in [-0.39, 0.29) is 26.9 Å². The summed E-state index contributed by atoms with van der Waals surface area (Å²) in [5.41, 5.74) is 0.0441. The van der Waals surface area contributed by atoms with Gasteiger partial charge in [-0.15, -0.1) is 0 Å². The maximum Gasteiger partial charge on any atom is 0.282 e. The first kappa shape index (κ1) is 35.0. The number of hydrogen-bond acceptors (Lipinski definition) is 9. The molecule has 0 bridgehead atoms. The van der Waals surface area contributed by atoms with Gasteiger partial charge in [-0.25, -0.2) is 4.90 Å². The number of benzene rings is 4. The molecular weight excluding hydrogens is 663 g/mol. The maximum atomic E-state index is 14.3. The first-order chi connectivity index (χ1) is 22.9. The van der Waals surface area contributed by atoms with Crippen LogP contribution in [0.4, 0.5) is 17.3 Å². The van der Waals surface area contributed by atoms with Crippen molar-refractivity contribution < 1.29 is 29.0 Å². The van der Waals surface area contributed by atoms with Crippen LogP contribution < -0.4 is 4.90 Å². The summed E-state index contributed by atoms with van der Waals surface area (Å²) in [5.74, 6) is -3.18. The van der Waals surface area contributed by atoms with E-state index in [0.717, 1.165) is 42.5 Å². The summed E-state index contributed by atoms with van der Waals surface area (Å²) in [6.45, 7) is 3.74. The lowest BCUT2D eigenvalue weighted by molar-refractivity contribution is -0.385. The number of halogens is 2. The van der Waals surface area contributed by atoms with Crippen LogP contribution in [0.15, 0.2) is 89.3 Å². The third-order valence-electron chi connectivity index (χ3n) is 7.04. The lowest BCUT2D eigenvalue weighted by atomic mass is 9.97. The normalized spacial score (nSPS) is 10.4. The number of carbonyl (C=O) groups is 2. The molecule has 4 aromatic carbocycles. The standard InChI is InChI=1S/C33H20Cl2N4O7.CH4O/c1-18-3-7-20(8-4-18)29-26(17-36)33(46-30(29)21-9-5-19(2)6-10-21)37(31(40)24-15-22(34)11-13-27(24)38(42)43)32(41)25-16-23(35)12-14-28(25)39(44)45;1-2/h3-16H,1-2H3;2H,1H3. The fourth-order valence-electron chi connectivity index (χ4n) is 4.78. The van der Waals surface area contributed by atoms with Crippen LogP contribution in [-0.4, -0.2) is 33.9 Å². The van der Waals surface area contributed by atoms with Crippen molar-refractivity contribution in [1.29, 1.82) is 5.26 Å². The Hall–Kier alpha value is -5.87. The highest BCUT2D eigenvalue weighted by Crippen LogP contribution is 2.44. The highest BCUT2D eigenvalue weighted by Gasteiger charge is 2.39. The van der Waals surface area contributed by atoms with E-state index in [2.05, 4.69) is 0 Å². The van der Waals surface area contributed by atoms with Gasteiger partial charge >= 0.3 is 0 Å². The van der Waals surface area contributed by atoms with Crippen LogP contribution in [0, 0.1) is 45.4 Å². The largest absolute Gasteiger partial charge is 0.437 e. The van der Waals surface area contributed by atoms with Crippen molar-refractivity contribution in [3.05, 3.63) is 143 Å². The average Bonchev–Trinajstić information content (AvgIpc) is 3.44. The SMILES string of the molecule is CO.Cc1ccc(-c2oc(N(C(=O)c3cc(Cl)ccc3[N+](=O)[O-])C(=O)c3cc(Cl)ccc3[N+](=O)[O-])c(C#N)c2-c2ccc(C)cc2)cc1. The molecule has 14 heteroatoms. The van der Waals surface area contributed by atoms with Crippen LogP contribution in [0.25, 0.3) is 22.5 Å². The smallest absolute Gasteiger partial charge is 0.282 e. The summed E-state index contributed by atoms with van der Waals surface area (Å²) >= 11 is 12.2. The molecule has 2 amide bonds. The van der Waals surface area contributed by atoms with E-state index in [1.165, 1.54) is 12.1 Å². The Morgan fingerprint density at radius 2 is 1.17 bits per heavy atom. The number of nitro benzene ring substituents is 2. The third-order valence-corrected chi connectivity index (χ3v) is 7.51. The molecule has 5 rings (SSSR count). The van der Waals surface area contributed by atoms with E-state index in [9.17, 15) is 35.1 Å². The van der Waals surface area contributed by atoms with Gasteiger partial charge in [-0.1, -0.05) is 82.9 Å². The molecule has 1 heterocycles. The van der Waals surface area contributed by atoms with Crippen molar-refractivity contribution >= 4 is 52.3 Å². The molecule has 5 aromatic rings. The van der Waals surface area contributed by atoms with Crippen molar-refractivity contribution in [2.45, 2.75) is 13.8 Å². The molecule has 0 atom stereocenters. The monoisotopic (exact) mass is 686 g/mol. The molecule has 0 saturated heterocycles. The number of aliphatic hydroxyl groups excluding tert-OH is 1. The number of aryl methyl sites for hydroxylation is 2. The molecule has 0 aliphatic carbocycles. The van der Waals surface area contributed by atoms with Gasteiger partial charge in [0.05, 0.1) is 9.85 Å². The number of anilines is 1. The molecule has 0 aliphatic heterocycles. The van der Waals surface area contributed by atoms with Gasteiger partial charge in [-0.3, -0.25) is 29.8 Å². The van der Waals surface area contributed by atoms with Crippen LogP contribution in [0.3, 0.4) is 0 Å². The number of carbonyl (C=O) groups excluding carboxylic acids is 2. The first-order valence-corrected chi connectivity index (χ1v) is 14.6. The molecule has 12 nitrogen and oxygen atoms in total. The number of nitriles is 1. The molecule has 0 radical (unpaired) electrons. The summed E-state index contributed by atoms with van der Waals surface area (Å²) in [7, 11) is 1.00. The zero-order valence-corrected chi connectivity index (χ0v) is 26.9. The lowest BCUT2D eigenvalue weighted by Crippen LogP contribution is -2.38. The number of nitrogens with zero attached hydrogens (tertiary/aromatic N) is 4. The van der Waals surface area contributed by atoms with Crippen molar-refractivity contribution in [2.75, 3.05) is 12.0 Å². The summed E-state index contributed by atoms with van der Waals surface area (Å²) in [4.78, 5) is 51.2. The first-order valence-electron chi connectivity index (χ1n) is 13.8. The minimum absolute atomic E-state index is 0.0734. The van der Waals surface area contributed by atoms with Crippen LogP contribution in [0.5, 0.6) is 0 Å². The second-order valence-electron chi connectivity index (χ2n) is 10.1. The van der Waals surface area contributed by atoms with Gasteiger partial charge in [0.25, 0.3) is 23.2 Å². The average molecular weight is 687 g/mol. The Balaban J connectivity index is 0.00000255. The number of imide groups is 1. The van der Waals surface area contributed by atoms with Crippen LogP contribution in [0.2, 0.25) is 10.0 Å². The molecule has 0 spiro atoms. The van der Waals surface area contributed by atoms with Gasteiger partial charge in [0, 0.05) is 40.4 Å². The second-order valence-corrected chi connectivity index (χ2v) is 11.0. The van der Waals surface area contributed by atoms with Crippen LogP contribution in [0.1, 0.15) is 37.4 Å². The Bertz CT molecular complexity index is 2030. The molecule has 0 aliphatic rings. The van der Waals surface area contributed by atoms with E-state index in [0.29, 0.717) is 16.0 Å². The quantitative estimate of drug-likeness (QED) is 0.0999. The topological polar surface area (TPSA) is 181 Å². The number of amides is 2. The van der Waals surface area contributed by atoms with E-state index < -0.39 is 50.0 Å². The zero-order chi connectivity index (χ0) is 35.3. The second kappa shape index (κ2) is 14.7. The fraction of sp³-hybridized carbons (Fsp3) is 0.0882. The summed E-state index contributed by atoms with van der Waals surface area (Å²) in [6.07, 6.45) is 0. The minimum Gasteiger partial charge on any atom is -0.437 e. The lowest BCUT2D eigenvalue weighted by Gasteiger charge is -2.19. The summed E-state index contributed by atoms with van der Waals surface area (Å²) in [6, 6.07) is 22.3. The van der Waals surface area contributed by atoms with Gasteiger partial charge in [0.1, 0.15) is 28.5 Å². The highest BCUT2D eigenvalue weighted by molar-refractivity contribution is 6.33. The highest BCUT2D eigenvalue weighted by atomic mass is 35.5. The number of rotatable bonds is 7. The number of hydrogen-bond donors (Lipinski definition) is 1. The van der Waals surface area contributed by atoms with Crippen molar-refractivity contribution in [2.24, 2.45) is 0 Å². The third kappa shape index (κ3) is 6.93. The van der Waals surface area contributed by atoms with E-state index >= 15 is 0 Å². The van der Waals surface area contributed by atoms with E-state index in [1.807, 2.05) is 19.9 Å². The van der Waals surface area contributed by atoms with Gasteiger partial charge < -0.3 is 9.52 Å². The Kier molecular flexibility index (Phi) is 10.7. The molecule has 0 unspecified atom stereocenters. The minimum atomic E-state index is -1.33. The molecule has 0 fully saturated rings.